The maximum Gasteiger partial charge on any atom is 0.230 e. The van der Waals surface area contributed by atoms with Gasteiger partial charge in [0.15, 0.2) is 0 Å². The summed E-state index contributed by atoms with van der Waals surface area (Å²) in [5.41, 5.74) is 6.31. The lowest BCUT2D eigenvalue weighted by Crippen LogP contribution is -2.05. The van der Waals surface area contributed by atoms with Gasteiger partial charge in [-0.3, -0.25) is 0 Å². The van der Waals surface area contributed by atoms with Crippen LogP contribution in [0.3, 0.4) is 0 Å². The minimum atomic E-state index is -0.628. The van der Waals surface area contributed by atoms with Gasteiger partial charge in [-0.15, -0.1) is 0 Å². The van der Waals surface area contributed by atoms with Crippen molar-refractivity contribution in [2.75, 3.05) is 5.32 Å². The fourth-order valence-electron chi connectivity index (χ4n) is 4.09. The third kappa shape index (κ3) is 4.46. The van der Waals surface area contributed by atoms with Crippen LogP contribution in [0, 0.1) is 42.3 Å². The maximum atomic E-state index is 14.1. The normalized spacial score (nSPS) is 11.9. The molecule has 2 heterocycles. The highest BCUT2D eigenvalue weighted by molar-refractivity contribution is 5.68. The fraction of sp³-hybridized carbons (Fsp3) is 0.143. The van der Waals surface area contributed by atoms with Gasteiger partial charge in [0.25, 0.3) is 0 Å². The lowest BCUT2D eigenvalue weighted by molar-refractivity contribution is 0.132. The van der Waals surface area contributed by atoms with Gasteiger partial charge in [-0.05, 0) is 78.6 Å². The maximum absolute atomic E-state index is 14.1. The van der Waals surface area contributed by atoms with Crippen molar-refractivity contribution in [3.8, 4) is 34.9 Å². The summed E-state index contributed by atoms with van der Waals surface area (Å²) in [4.78, 5) is 9.04. The number of nitrogens with one attached hydrogen (secondary N) is 1. The van der Waals surface area contributed by atoms with Gasteiger partial charge in [0.05, 0.1) is 41.7 Å². The van der Waals surface area contributed by atoms with Crippen molar-refractivity contribution < 1.29 is 13.9 Å². The van der Waals surface area contributed by atoms with E-state index in [1.54, 1.807) is 24.3 Å². The standard InChI is InChI=1S/C28H20FN5O2/c1-16-9-21(19-5-3-18(12-30)4-6-19)10-17(2)26(16)36-27-23-14-35-15-25(23)33-28(34-27)32-22-8-7-20(13-31)24(29)11-22/h3-11H,14-15H2,1-2H3,(H,32,33,34). The molecule has 176 valence electrons. The topological polar surface area (TPSA) is 104 Å². The third-order valence-corrected chi connectivity index (χ3v) is 5.89. The molecule has 0 fully saturated rings. The molecular formula is C28H20FN5O2. The Morgan fingerprint density at radius 2 is 1.67 bits per heavy atom. The molecule has 0 spiro atoms. The zero-order chi connectivity index (χ0) is 25.2. The van der Waals surface area contributed by atoms with Crippen molar-refractivity contribution in [2.24, 2.45) is 0 Å². The SMILES string of the molecule is Cc1cc(-c2ccc(C#N)cc2)cc(C)c1Oc1nc(Nc2ccc(C#N)c(F)c2)nc2c1COC2. The summed E-state index contributed by atoms with van der Waals surface area (Å²) in [7, 11) is 0. The van der Waals surface area contributed by atoms with Gasteiger partial charge in [0, 0.05) is 5.69 Å². The predicted molar refractivity (Wildman–Crippen MR) is 131 cm³/mol. The van der Waals surface area contributed by atoms with Gasteiger partial charge >= 0.3 is 0 Å². The number of hydrogen-bond donors (Lipinski definition) is 1. The van der Waals surface area contributed by atoms with Gasteiger partial charge in [0.2, 0.25) is 11.8 Å². The number of anilines is 2. The molecule has 0 bridgehead atoms. The first-order valence-corrected chi connectivity index (χ1v) is 11.2. The van der Waals surface area contributed by atoms with Gasteiger partial charge in [-0.2, -0.15) is 15.5 Å². The highest BCUT2D eigenvalue weighted by Gasteiger charge is 2.23. The Morgan fingerprint density at radius 3 is 2.33 bits per heavy atom. The molecule has 0 radical (unpaired) electrons. The highest BCUT2D eigenvalue weighted by Crippen LogP contribution is 2.37. The van der Waals surface area contributed by atoms with E-state index in [4.69, 9.17) is 20.0 Å². The van der Waals surface area contributed by atoms with Crippen molar-refractivity contribution in [2.45, 2.75) is 27.1 Å². The summed E-state index contributed by atoms with van der Waals surface area (Å²) in [5.74, 6) is 0.655. The summed E-state index contributed by atoms with van der Waals surface area (Å²) in [6, 6.07) is 19.6. The zero-order valence-corrected chi connectivity index (χ0v) is 19.6. The number of fused-ring (bicyclic) bond motifs is 1. The van der Waals surface area contributed by atoms with Gasteiger partial charge in [-0.25, -0.2) is 9.37 Å². The lowest BCUT2D eigenvalue weighted by atomic mass is 9.99. The number of benzene rings is 3. The molecule has 36 heavy (non-hydrogen) atoms. The van der Waals surface area contributed by atoms with E-state index in [0.717, 1.165) is 27.8 Å². The summed E-state index contributed by atoms with van der Waals surface area (Å²) < 4.78 is 26.0. The molecule has 5 rings (SSSR count). The minimum absolute atomic E-state index is 0.0387. The Balaban J connectivity index is 1.47. The van der Waals surface area contributed by atoms with Gasteiger partial charge < -0.3 is 14.8 Å². The number of rotatable bonds is 5. The van der Waals surface area contributed by atoms with Crippen LogP contribution in [0.4, 0.5) is 16.0 Å². The van der Waals surface area contributed by atoms with Crippen molar-refractivity contribution in [1.82, 2.24) is 9.97 Å². The molecule has 1 aromatic heterocycles. The van der Waals surface area contributed by atoms with Crippen LogP contribution in [-0.4, -0.2) is 9.97 Å². The molecule has 8 heteroatoms. The average molecular weight is 477 g/mol. The molecule has 7 nitrogen and oxygen atoms in total. The van der Waals surface area contributed by atoms with E-state index in [2.05, 4.69) is 21.4 Å². The molecule has 4 aromatic rings. The summed E-state index contributed by atoms with van der Waals surface area (Å²) in [5, 5.41) is 21.0. The quantitative estimate of drug-likeness (QED) is 0.364. The van der Waals surface area contributed by atoms with E-state index in [0.29, 0.717) is 41.8 Å². The van der Waals surface area contributed by atoms with Gasteiger partial charge in [0.1, 0.15) is 17.6 Å². The third-order valence-electron chi connectivity index (χ3n) is 5.89. The molecule has 0 unspecified atom stereocenters. The summed E-state index contributed by atoms with van der Waals surface area (Å²) >= 11 is 0. The molecule has 1 N–H and O–H groups in total. The summed E-state index contributed by atoms with van der Waals surface area (Å²) in [6.45, 7) is 4.58. The number of ether oxygens (including phenoxy) is 2. The van der Waals surface area contributed by atoms with E-state index in [9.17, 15) is 4.39 Å². The molecule has 0 aliphatic carbocycles. The van der Waals surface area contributed by atoms with E-state index in [-0.39, 0.29) is 11.5 Å². The second kappa shape index (κ2) is 9.46. The first-order valence-electron chi connectivity index (χ1n) is 11.2. The smallest absolute Gasteiger partial charge is 0.230 e. The molecular weight excluding hydrogens is 457 g/mol. The second-order valence-corrected chi connectivity index (χ2v) is 8.43. The number of nitriles is 2. The Labute approximate surface area is 207 Å². The highest BCUT2D eigenvalue weighted by atomic mass is 19.1. The number of halogens is 1. The number of aromatic nitrogens is 2. The number of hydrogen-bond acceptors (Lipinski definition) is 7. The number of nitrogens with zero attached hydrogens (tertiary/aromatic N) is 4. The van der Waals surface area contributed by atoms with Crippen LogP contribution < -0.4 is 10.1 Å². The molecule has 1 aliphatic rings. The Bertz CT molecular complexity index is 1550. The van der Waals surface area contributed by atoms with Crippen molar-refractivity contribution in [3.05, 3.63) is 93.9 Å². The van der Waals surface area contributed by atoms with Crippen molar-refractivity contribution in [3.63, 3.8) is 0 Å². The first-order chi connectivity index (χ1) is 17.4. The largest absolute Gasteiger partial charge is 0.438 e. The zero-order valence-electron chi connectivity index (χ0n) is 19.6. The molecule has 0 saturated heterocycles. The van der Waals surface area contributed by atoms with Crippen LogP contribution >= 0.6 is 0 Å². The van der Waals surface area contributed by atoms with Crippen LogP contribution in [0.25, 0.3) is 11.1 Å². The summed E-state index contributed by atoms with van der Waals surface area (Å²) in [6.07, 6.45) is 0. The lowest BCUT2D eigenvalue weighted by Gasteiger charge is -2.16. The molecule has 0 atom stereocenters. The van der Waals surface area contributed by atoms with E-state index in [1.165, 1.54) is 12.1 Å². The Morgan fingerprint density at radius 1 is 0.917 bits per heavy atom. The van der Waals surface area contributed by atoms with Crippen molar-refractivity contribution in [1.29, 1.82) is 10.5 Å². The Kier molecular flexibility index (Phi) is 6.03. The molecule has 0 amide bonds. The Hall–Kier alpha value is -4.79. The van der Waals surface area contributed by atoms with E-state index < -0.39 is 5.82 Å². The average Bonchev–Trinajstić information content (AvgIpc) is 3.35. The molecule has 1 aliphatic heterocycles. The second-order valence-electron chi connectivity index (χ2n) is 8.43. The van der Waals surface area contributed by atoms with Crippen LogP contribution in [0.2, 0.25) is 0 Å². The molecule has 3 aromatic carbocycles. The van der Waals surface area contributed by atoms with E-state index in [1.807, 2.05) is 38.1 Å². The van der Waals surface area contributed by atoms with Crippen LogP contribution in [0.15, 0.2) is 54.6 Å². The fourth-order valence-corrected chi connectivity index (χ4v) is 4.09. The van der Waals surface area contributed by atoms with Gasteiger partial charge in [-0.1, -0.05) is 12.1 Å². The van der Waals surface area contributed by atoms with Crippen LogP contribution in [0.1, 0.15) is 33.5 Å². The predicted octanol–water partition coefficient (Wildman–Crippen LogP) is 6.21. The monoisotopic (exact) mass is 477 g/mol. The molecule has 0 saturated carbocycles. The van der Waals surface area contributed by atoms with Crippen molar-refractivity contribution >= 4 is 11.6 Å². The minimum Gasteiger partial charge on any atom is -0.438 e. The number of aryl methyl sites for hydroxylation is 2. The first kappa shape index (κ1) is 23.0. The van der Waals surface area contributed by atoms with Crippen LogP contribution in [0.5, 0.6) is 11.6 Å². The van der Waals surface area contributed by atoms with E-state index >= 15 is 0 Å². The van der Waals surface area contributed by atoms with Crippen LogP contribution in [-0.2, 0) is 18.0 Å².